The Bertz CT molecular complexity index is 812. The first kappa shape index (κ1) is 19.9. The molecular weight excluding hydrogens is 354 g/mol. The minimum absolute atomic E-state index is 0.0187. The average Bonchev–Trinajstić information content (AvgIpc) is 2.69. The van der Waals surface area contributed by atoms with Gasteiger partial charge in [0, 0.05) is 37.6 Å². The molecule has 1 aliphatic heterocycles. The van der Waals surface area contributed by atoms with Crippen molar-refractivity contribution in [3.05, 3.63) is 59.7 Å². The summed E-state index contributed by atoms with van der Waals surface area (Å²) in [5, 5.41) is 2.96. The molecule has 0 saturated carbocycles. The minimum Gasteiger partial charge on any atom is -0.468 e. The zero-order valence-corrected chi connectivity index (χ0v) is 16.5. The zero-order valence-electron chi connectivity index (χ0n) is 16.5. The van der Waals surface area contributed by atoms with Crippen molar-refractivity contribution in [1.82, 2.24) is 4.90 Å². The number of hydrogen-bond acceptors (Lipinski definition) is 5. The van der Waals surface area contributed by atoms with Gasteiger partial charge in [-0.1, -0.05) is 29.8 Å². The highest BCUT2D eigenvalue weighted by Crippen LogP contribution is 2.20. The highest BCUT2D eigenvalue weighted by atomic mass is 16.5. The van der Waals surface area contributed by atoms with Gasteiger partial charge in [-0.15, -0.1) is 0 Å². The van der Waals surface area contributed by atoms with Gasteiger partial charge in [0.15, 0.2) is 0 Å². The van der Waals surface area contributed by atoms with Gasteiger partial charge < -0.3 is 15.0 Å². The van der Waals surface area contributed by atoms with Crippen molar-refractivity contribution in [3.63, 3.8) is 0 Å². The second kappa shape index (κ2) is 9.37. The molecule has 0 aromatic heterocycles. The Kier molecular flexibility index (Phi) is 6.66. The molecule has 3 rings (SSSR count). The molecule has 2 aromatic rings. The Hall–Kier alpha value is -2.86. The van der Waals surface area contributed by atoms with Crippen LogP contribution in [0.3, 0.4) is 0 Å². The topological polar surface area (TPSA) is 61.9 Å². The number of piperazine rings is 1. The van der Waals surface area contributed by atoms with E-state index in [-0.39, 0.29) is 11.9 Å². The maximum atomic E-state index is 12.3. The molecule has 6 heteroatoms. The number of carbonyl (C=O) groups is 2. The summed E-state index contributed by atoms with van der Waals surface area (Å²) in [5.41, 5.74) is 4.08. The van der Waals surface area contributed by atoms with Gasteiger partial charge in [0.25, 0.3) is 0 Å². The van der Waals surface area contributed by atoms with E-state index in [2.05, 4.69) is 15.1 Å². The van der Waals surface area contributed by atoms with E-state index in [1.54, 1.807) is 0 Å². The molecule has 0 spiro atoms. The maximum Gasteiger partial charge on any atom is 0.319 e. The number of hydrogen-bond donors (Lipinski definition) is 1. The van der Waals surface area contributed by atoms with E-state index >= 15 is 0 Å². The van der Waals surface area contributed by atoms with Crippen molar-refractivity contribution < 1.29 is 14.3 Å². The molecule has 0 atom stereocenters. The maximum absolute atomic E-state index is 12.3. The fourth-order valence-electron chi connectivity index (χ4n) is 3.38. The number of rotatable bonds is 6. The fraction of sp³-hybridized carbons (Fsp3) is 0.364. The summed E-state index contributed by atoms with van der Waals surface area (Å²) >= 11 is 0. The van der Waals surface area contributed by atoms with Gasteiger partial charge in [0.1, 0.15) is 0 Å². The van der Waals surface area contributed by atoms with Crippen LogP contribution in [0.2, 0.25) is 0 Å². The second-order valence-electron chi connectivity index (χ2n) is 7.10. The number of anilines is 2. The predicted molar refractivity (Wildman–Crippen MR) is 111 cm³/mol. The van der Waals surface area contributed by atoms with Crippen LogP contribution in [-0.4, -0.2) is 56.6 Å². The van der Waals surface area contributed by atoms with Crippen molar-refractivity contribution in [2.75, 3.05) is 50.1 Å². The third-order valence-electron chi connectivity index (χ3n) is 4.92. The summed E-state index contributed by atoms with van der Waals surface area (Å²) in [6.07, 6.45) is 0.367. The molecule has 1 saturated heterocycles. The Morgan fingerprint density at radius 1 is 1.04 bits per heavy atom. The van der Waals surface area contributed by atoms with Crippen molar-refractivity contribution >= 4 is 23.3 Å². The number of ether oxygens (including phenoxy) is 1. The van der Waals surface area contributed by atoms with E-state index in [9.17, 15) is 9.59 Å². The smallest absolute Gasteiger partial charge is 0.319 e. The van der Waals surface area contributed by atoms with Crippen molar-refractivity contribution in [2.45, 2.75) is 13.3 Å². The molecule has 1 aliphatic rings. The summed E-state index contributed by atoms with van der Waals surface area (Å²) in [7, 11) is 1.42. The van der Waals surface area contributed by atoms with Crippen LogP contribution >= 0.6 is 0 Å². The third kappa shape index (κ3) is 5.57. The van der Waals surface area contributed by atoms with Gasteiger partial charge >= 0.3 is 5.97 Å². The molecule has 1 heterocycles. The normalized spacial score (nSPS) is 14.6. The number of aryl methyl sites for hydroxylation is 1. The first-order valence-electron chi connectivity index (χ1n) is 9.53. The number of benzene rings is 2. The Morgan fingerprint density at radius 3 is 2.39 bits per heavy atom. The lowest BCUT2D eigenvalue weighted by Crippen LogP contribution is -2.48. The van der Waals surface area contributed by atoms with E-state index in [0.717, 1.165) is 48.7 Å². The summed E-state index contributed by atoms with van der Waals surface area (Å²) in [5.74, 6) is -0.214. The first-order chi connectivity index (χ1) is 13.5. The molecule has 0 bridgehead atoms. The van der Waals surface area contributed by atoms with Gasteiger partial charge in [-0.25, -0.2) is 0 Å². The van der Waals surface area contributed by atoms with Gasteiger partial charge in [-0.3, -0.25) is 14.5 Å². The SMILES string of the molecule is COC(=O)CN1CCN(c2ccc(NC(=O)Cc3cccc(C)c3)cc2)CC1. The standard InChI is InChI=1S/C22H27N3O3/c1-17-4-3-5-18(14-17)15-21(26)23-19-6-8-20(9-7-19)25-12-10-24(11-13-25)16-22(27)28-2/h3-9,14H,10-13,15-16H2,1-2H3,(H,23,26). The zero-order chi connectivity index (χ0) is 19.9. The summed E-state index contributed by atoms with van der Waals surface area (Å²) in [6, 6.07) is 15.9. The third-order valence-corrected chi connectivity index (χ3v) is 4.92. The Morgan fingerprint density at radius 2 is 1.75 bits per heavy atom. The van der Waals surface area contributed by atoms with E-state index in [1.165, 1.54) is 7.11 Å². The van der Waals surface area contributed by atoms with Crippen molar-refractivity contribution in [1.29, 1.82) is 0 Å². The van der Waals surface area contributed by atoms with Crippen LogP contribution in [0.1, 0.15) is 11.1 Å². The van der Waals surface area contributed by atoms with Gasteiger partial charge in [-0.05, 0) is 36.8 Å². The number of nitrogens with zero attached hydrogens (tertiary/aromatic N) is 2. The number of esters is 1. The lowest BCUT2D eigenvalue weighted by Gasteiger charge is -2.35. The average molecular weight is 381 g/mol. The molecule has 0 aliphatic carbocycles. The Balaban J connectivity index is 1.50. The monoisotopic (exact) mass is 381 g/mol. The van der Waals surface area contributed by atoms with Crippen LogP contribution in [0.5, 0.6) is 0 Å². The number of nitrogens with one attached hydrogen (secondary N) is 1. The van der Waals surface area contributed by atoms with Crippen LogP contribution in [0.15, 0.2) is 48.5 Å². The molecule has 28 heavy (non-hydrogen) atoms. The van der Waals surface area contributed by atoms with Crippen molar-refractivity contribution in [3.8, 4) is 0 Å². The van der Waals surface area contributed by atoms with Crippen LogP contribution < -0.4 is 10.2 Å². The fourth-order valence-corrected chi connectivity index (χ4v) is 3.38. The highest BCUT2D eigenvalue weighted by molar-refractivity contribution is 5.92. The lowest BCUT2D eigenvalue weighted by atomic mass is 10.1. The van der Waals surface area contributed by atoms with Gasteiger partial charge in [-0.2, -0.15) is 0 Å². The Labute approximate surface area is 166 Å². The second-order valence-corrected chi connectivity index (χ2v) is 7.10. The quantitative estimate of drug-likeness (QED) is 0.779. The number of methoxy groups -OCH3 is 1. The molecular formula is C22H27N3O3. The van der Waals surface area contributed by atoms with E-state index in [0.29, 0.717) is 13.0 Å². The summed E-state index contributed by atoms with van der Waals surface area (Å²) in [6.45, 7) is 5.73. The van der Waals surface area contributed by atoms with Gasteiger partial charge in [0.05, 0.1) is 20.1 Å². The first-order valence-corrected chi connectivity index (χ1v) is 9.53. The minimum atomic E-state index is -0.195. The van der Waals surface area contributed by atoms with Crippen LogP contribution in [0, 0.1) is 6.92 Å². The number of carbonyl (C=O) groups excluding carboxylic acids is 2. The number of amides is 1. The van der Waals surface area contributed by atoms with Crippen LogP contribution in [0.4, 0.5) is 11.4 Å². The largest absolute Gasteiger partial charge is 0.468 e. The van der Waals surface area contributed by atoms with E-state index in [4.69, 9.17) is 4.74 Å². The van der Waals surface area contributed by atoms with E-state index in [1.807, 2.05) is 55.5 Å². The lowest BCUT2D eigenvalue weighted by molar-refractivity contribution is -0.142. The molecule has 1 amide bonds. The molecule has 6 nitrogen and oxygen atoms in total. The van der Waals surface area contributed by atoms with Gasteiger partial charge in [0.2, 0.25) is 5.91 Å². The molecule has 2 aromatic carbocycles. The highest BCUT2D eigenvalue weighted by Gasteiger charge is 2.19. The molecule has 1 N–H and O–H groups in total. The summed E-state index contributed by atoms with van der Waals surface area (Å²) < 4.78 is 4.72. The molecule has 148 valence electrons. The van der Waals surface area contributed by atoms with Crippen molar-refractivity contribution in [2.24, 2.45) is 0 Å². The molecule has 1 fully saturated rings. The molecule has 0 radical (unpaired) electrons. The molecule has 0 unspecified atom stereocenters. The predicted octanol–water partition coefficient (Wildman–Crippen LogP) is 2.47. The summed E-state index contributed by atoms with van der Waals surface area (Å²) in [4.78, 5) is 28.0. The van der Waals surface area contributed by atoms with Crippen LogP contribution in [-0.2, 0) is 20.7 Å². The van der Waals surface area contributed by atoms with Crippen LogP contribution in [0.25, 0.3) is 0 Å². The van der Waals surface area contributed by atoms with E-state index < -0.39 is 0 Å².